The molecule has 0 aromatic rings. The van der Waals surface area contributed by atoms with Crippen LogP contribution in [0.4, 0.5) is 0 Å². The van der Waals surface area contributed by atoms with Crippen LogP contribution in [0, 0.1) is 5.92 Å². The largest absolute Gasteiger partial charge is 0.334 e. The lowest BCUT2D eigenvalue weighted by molar-refractivity contribution is -0.136. The fraction of sp³-hybridized carbons (Fsp3) is 0.818. The first-order chi connectivity index (χ1) is 7.08. The Morgan fingerprint density at radius 1 is 1.47 bits per heavy atom. The molecule has 4 nitrogen and oxygen atoms in total. The number of amides is 1. The van der Waals surface area contributed by atoms with Crippen LogP contribution in [0.2, 0.25) is 0 Å². The summed E-state index contributed by atoms with van der Waals surface area (Å²) >= 11 is 0. The van der Waals surface area contributed by atoms with Crippen molar-refractivity contribution in [2.75, 3.05) is 20.1 Å². The summed E-state index contributed by atoms with van der Waals surface area (Å²) in [4.78, 5) is 24.1. The number of hydrogen-bond acceptors (Lipinski definition) is 3. The molecule has 0 rings (SSSR count). The fourth-order valence-electron chi connectivity index (χ4n) is 1.59. The molecule has 0 aliphatic heterocycles. The highest BCUT2D eigenvalue weighted by Crippen LogP contribution is 2.05. The van der Waals surface area contributed by atoms with Gasteiger partial charge in [-0.15, -0.1) is 0 Å². The predicted octanol–water partition coefficient (Wildman–Crippen LogP) is 0.668. The van der Waals surface area contributed by atoms with E-state index in [2.05, 4.69) is 5.32 Å². The number of likely N-dealkylation sites (N-methyl/N-ethyl adjacent to an activating group) is 1. The number of nitrogens with zero attached hydrogens (tertiary/aromatic N) is 1. The number of hydrogen-bond donors (Lipinski definition) is 1. The SMILES string of the molecule is CCCN(CC=O)C(=O)C(NC)C(C)C. The molecule has 1 unspecified atom stereocenters. The Bertz CT molecular complexity index is 205. The van der Waals surface area contributed by atoms with E-state index in [-0.39, 0.29) is 24.4 Å². The lowest BCUT2D eigenvalue weighted by atomic mass is 10.0. The molecule has 1 amide bonds. The van der Waals surface area contributed by atoms with Gasteiger partial charge in [-0.05, 0) is 19.4 Å². The van der Waals surface area contributed by atoms with Crippen molar-refractivity contribution < 1.29 is 9.59 Å². The van der Waals surface area contributed by atoms with Gasteiger partial charge in [-0.1, -0.05) is 20.8 Å². The summed E-state index contributed by atoms with van der Waals surface area (Å²) in [6.45, 7) is 6.81. The van der Waals surface area contributed by atoms with Crippen molar-refractivity contribution in [3.8, 4) is 0 Å². The standard InChI is InChI=1S/C11H22N2O2/c1-5-6-13(7-8-14)11(15)10(12-4)9(2)3/h8-10,12H,5-7H2,1-4H3. The number of carbonyl (C=O) groups excluding carboxylic acids is 2. The summed E-state index contributed by atoms with van der Waals surface area (Å²) < 4.78 is 0. The average molecular weight is 214 g/mol. The minimum absolute atomic E-state index is 0.0152. The van der Waals surface area contributed by atoms with E-state index in [0.29, 0.717) is 6.54 Å². The van der Waals surface area contributed by atoms with Gasteiger partial charge in [-0.3, -0.25) is 4.79 Å². The summed E-state index contributed by atoms with van der Waals surface area (Å²) in [6.07, 6.45) is 1.65. The zero-order valence-electron chi connectivity index (χ0n) is 10.1. The summed E-state index contributed by atoms with van der Waals surface area (Å²) in [5.41, 5.74) is 0. The molecule has 0 aliphatic carbocycles. The molecule has 0 radical (unpaired) electrons. The topological polar surface area (TPSA) is 49.4 Å². The van der Waals surface area contributed by atoms with Crippen LogP contribution in [0.3, 0.4) is 0 Å². The summed E-state index contributed by atoms with van der Waals surface area (Å²) in [5, 5.41) is 2.99. The van der Waals surface area contributed by atoms with Gasteiger partial charge >= 0.3 is 0 Å². The monoisotopic (exact) mass is 214 g/mol. The van der Waals surface area contributed by atoms with Crippen LogP contribution >= 0.6 is 0 Å². The molecule has 4 heteroatoms. The van der Waals surface area contributed by atoms with E-state index in [1.54, 1.807) is 11.9 Å². The first kappa shape index (κ1) is 14.1. The second kappa shape index (κ2) is 7.40. The highest BCUT2D eigenvalue weighted by atomic mass is 16.2. The molecule has 0 saturated heterocycles. The normalized spacial score (nSPS) is 12.6. The van der Waals surface area contributed by atoms with Crippen LogP contribution in [-0.2, 0) is 9.59 Å². The minimum Gasteiger partial charge on any atom is -0.334 e. The molecule has 0 aliphatic rings. The third kappa shape index (κ3) is 4.42. The van der Waals surface area contributed by atoms with Crippen LogP contribution in [0.5, 0.6) is 0 Å². The zero-order valence-corrected chi connectivity index (χ0v) is 10.1. The number of carbonyl (C=O) groups is 2. The molecule has 0 fully saturated rings. The molecule has 0 heterocycles. The van der Waals surface area contributed by atoms with Gasteiger partial charge in [0.25, 0.3) is 0 Å². The Labute approximate surface area is 92.0 Å². The Balaban J connectivity index is 4.50. The smallest absolute Gasteiger partial charge is 0.240 e. The number of rotatable bonds is 7. The van der Waals surface area contributed by atoms with Crippen molar-refractivity contribution >= 4 is 12.2 Å². The molecule has 15 heavy (non-hydrogen) atoms. The van der Waals surface area contributed by atoms with Crippen molar-refractivity contribution in [2.24, 2.45) is 5.92 Å². The molecule has 0 saturated carbocycles. The number of nitrogens with one attached hydrogen (secondary N) is 1. The van der Waals surface area contributed by atoms with E-state index in [1.807, 2.05) is 20.8 Å². The molecule has 0 spiro atoms. The molecule has 88 valence electrons. The van der Waals surface area contributed by atoms with Crippen LogP contribution in [-0.4, -0.2) is 43.3 Å². The molecule has 0 aromatic heterocycles. The molecule has 0 aromatic carbocycles. The van der Waals surface area contributed by atoms with Crippen molar-refractivity contribution in [1.82, 2.24) is 10.2 Å². The maximum Gasteiger partial charge on any atom is 0.240 e. The van der Waals surface area contributed by atoms with Gasteiger partial charge in [0.1, 0.15) is 6.29 Å². The predicted molar refractivity (Wildman–Crippen MR) is 60.6 cm³/mol. The van der Waals surface area contributed by atoms with Crippen molar-refractivity contribution in [3.05, 3.63) is 0 Å². The summed E-state index contributed by atoms with van der Waals surface area (Å²) in [6, 6.07) is -0.198. The van der Waals surface area contributed by atoms with Gasteiger partial charge in [0, 0.05) is 6.54 Å². The lowest BCUT2D eigenvalue weighted by Crippen LogP contribution is -2.48. The third-order valence-corrected chi connectivity index (χ3v) is 2.34. The van der Waals surface area contributed by atoms with Gasteiger partial charge in [0.2, 0.25) is 5.91 Å². The third-order valence-electron chi connectivity index (χ3n) is 2.34. The van der Waals surface area contributed by atoms with E-state index in [4.69, 9.17) is 0 Å². The quantitative estimate of drug-likeness (QED) is 0.634. The van der Waals surface area contributed by atoms with Gasteiger partial charge in [-0.25, -0.2) is 0 Å². The second-order valence-corrected chi connectivity index (χ2v) is 3.96. The van der Waals surface area contributed by atoms with Crippen LogP contribution in [0.15, 0.2) is 0 Å². The Hall–Kier alpha value is -0.900. The van der Waals surface area contributed by atoms with E-state index < -0.39 is 0 Å². The van der Waals surface area contributed by atoms with Gasteiger partial charge in [0.05, 0.1) is 12.6 Å². The molecular formula is C11H22N2O2. The minimum atomic E-state index is -0.198. The Kier molecular flexibility index (Phi) is 6.96. The van der Waals surface area contributed by atoms with E-state index in [0.717, 1.165) is 12.7 Å². The maximum atomic E-state index is 12.0. The van der Waals surface area contributed by atoms with Crippen LogP contribution < -0.4 is 5.32 Å². The van der Waals surface area contributed by atoms with Gasteiger partial charge in [-0.2, -0.15) is 0 Å². The first-order valence-corrected chi connectivity index (χ1v) is 5.48. The van der Waals surface area contributed by atoms with Gasteiger partial charge in [0.15, 0.2) is 0 Å². The molecule has 1 N–H and O–H groups in total. The van der Waals surface area contributed by atoms with Crippen molar-refractivity contribution in [2.45, 2.75) is 33.2 Å². The highest BCUT2D eigenvalue weighted by Gasteiger charge is 2.24. The zero-order chi connectivity index (χ0) is 11.8. The average Bonchev–Trinajstić information content (AvgIpc) is 2.17. The van der Waals surface area contributed by atoms with Crippen molar-refractivity contribution in [3.63, 3.8) is 0 Å². The fourth-order valence-corrected chi connectivity index (χ4v) is 1.59. The lowest BCUT2D eigenvalue weighted by Gasteiger charge is -2.27. The van der Waals surface area contributed by atoms with Crippen LogP contribution in [0.25, 0.3) is 0 Å². The second-order valence-electron chi connectivity index (χ2n) is 3.96. The molecule has 1 atom stereocenters. The molecule has 0 bridgehead atoms. The Morgan fingerprint density at radius 2 is 2.07 bits per heavy atom. The Morgan fingerprint density at radius 3 is 2.40 bits per heavy atom. The van der Waals surface area contributed by atoms with Crippen LogP contribution in [0.1, 0.15) is 27.2 Å². The van der Waals surface area contributed by atoms with Crippen molar-refractivity contribution in [1.29, 1.82) is 0 Å². The maximum absolute atomic E-state index is 12.0. The van der Waals surface area contributed by atoms with E-state index >= 15 is 0 Å². The van der Waals surface area contributed by atoms with Gasteiger partial charge < -0.3 is 15.0 Å². The first-order valence-electron chi connectivity index (χ1n) is 5.48. The molecular weight excluding hydrogens is 192 g/mol. The highest BCUT2D eigenvalue weighted by molar-refractivity contribution is 5.83. The van der Waals surface area contributed by atoms with E-state index in [9.17, 15) is 9.59 Å². The van der Waals surface area contributed by atoms with E-state index in [1.165, 1.54) is 0 Å². The summed E-state index contributed by atoms with van der Waals surface area (Å²) in [5.74, 6) is 0.245. The summed E-state index contributed by atoms with van der Waals surface area (Å²) in [7, 11) is 1.77. The number of aldehydes is 1.